The lowest BCUT2D eigenvalue weighted by Crippen LogP contribution is -2.59. The molecule has 3 amide bonds. The number of hydrogen-bond acceptors (Lipinski definition) is 7. The van der Waals surface area contributed by atoms with E-state index in [-0.39, 0.29) is 16.0 Å². The van der Waals surface area contributed by atoms with Crippen LogP contribution in [0.3, 0.4) is 0 Å². The molecule has 2 aromatic rings. The average molecular weight is 518 g/mol. The maximum Gasteiger partial charge on any atom is 0.436 e. The molecular weight excluding hydrogens is 490 g/mol. The Kier molecular flexibility index (Phi) is 6.18. The highest BCUT2D eigenvalue weighted by Gasteiger charge is 2.52. The van der Waals surface area contributed by atoms with Crippen LogP contribution in [0.1, 0.15) is 59.2 Å². The molecule has 1 heterocycles. The number of amides is 3. The lowest BCUT2D eigenvalue weighted by molar-refractivity contribution is -0.00810. The molecule has 0 unspecified atom stereocenters. The van der Waals surface area contributed by atoms with Gasteiger partial charge in [0.05, 0.1) is 17.6 Å². The van der Waals surface area contributed by atoms with Gasteiger partial charge in [0.15, 0.2) is 0 Å². The summed E-state index contributed by atoms with van der Waals surface area (Å²) < 4.78 is 34.3. The molecule has 1 aromatic carbocycles. The number of thiophene rings is 1. The maximum atomic E-state index is 13.4. The van der Waals surface area contributed by atoms with Crippen molar-refractivity contribution in [2.24, 2.45) is 17.8 Å². The zero-order chi connectivity index (χ0) is 24.8. The Morgan fingerprint density at radius 2 is 1.69 bits per heavy atom. The average Bonchev–Trinajstić information content (AvgIpc) is 3.35. The van der Waals surface area contributed by atoms with Crippen LogP contribution in [0.2, 0.25) is 0 Å². The molecule has 0 radical (unpaired) electrons. The number of methoxy groups -OCH3 is 1. The summed E-state index contributed by atoms with van der Waals surface area (Å²) in [7, 11) is -2.79. The molecule has 0 aliphatic heterocycles. The van der Waals surface area contributed by atoms with Gasteiger partial charge in [-0.25, -0.2) is 17.9 Å². The van der Waals surface area contributed by atoms with Gasteiger partial charge in [0.2, 0.25) is 10.0 Å². The van der Waals surface area contributed by atoms with Crippen molar-refractivity contribution in [3.8, 4) is 0 Å². The Morgan fingerprint density at radius 3 is 2.26 bits per heavy atom. The number of nitrogens with one attached hydrogen (secondary N) is 2. The van der Waals surface area contributed by atoms with Gasteiger partial charge >= 0.3 is 6.09 Å². The van der Waals surface area contributed by atoms with Crippen molar-refractivity contribution in [3.63, 3.8) is 0 Å². The Morgan fingerprint density at radius 1 is 1.03 bits per heavy atom. The summed E-state index contributed by atoms with van der Waals surface area (Å²) in [4.78, 5) is 37.7. The summed E-state index contributed by atoms with van der Waals surface area (Å²) in [6, 6.07) is 7.09. The van der Waals surface area contributed by atoms with Gasteiger partial charge in [-0.05, 0) is 85.9 Å². The van der Waals surface area contributed by atoms with E-state index in [9.17, 15) is 22.8 Å². The van der Waals surface area contributed by atoms with Crippen LogP contribution in [0.4, 0.5) is 4.79 Å². The predicted molar refractivity (Wildman–Crippen MR) is 128 cm³/mol. The zero-order valence-electron chi connectivity index (χ0n) is 19.2. The van der Waals surface area contributed by atoms with Crippen molar-refractivity contribution in [2.45, 2.75) is 49.0 Å². The molecule has 4 aliphatic carbocycles. The number of rotatable bonds is 5. The molecule has 4 fully saturated rings. The Labute approximate surface area is 207 Å². The van der Waals surface area contributed by atoms with E-state index in [1.165, 1.54) is 66.3 Å². The lowest BCUT2D eigenvalue weighted by atomic mass is 9.53. The van der Waals surface area contributed by atoms with Crippen molar-refractivity contribution in [1.82, 2.24) is 15.2 Å². The number of carbonyl (C=O) groups excluding carboxylic acids is 3. The second kappa shape index (κ2) is 9.03. The van der Waals surface area contributed by atoms with Gasteiger partial charge in [0, 0.05) is 16.5 Å². The van der Waals surface area contributed by atoms with Gasteiger partial charge in [-0.2, -0.15) is 11.3 Å². The van der Waals surface area contributed by atoms with Crippen molar-refractivity contribution in [1.29, 1.82) is 0 Å². The summed E-state index contributed by atoms with van der Waals surface area (Å²) in [5.74, 6) is 0.146. The third-order valence-electron chi connectivity index (χ3n) is 7.34. The van der Waals surface area contributed by atoms with Crippen LogP contribution < -0.4 is 10.1 Å². The summed E-state index contributed by atoms with van der Waals surface area (Å²) in [6.07, 6.45) is 5.08. The number of carbonyl (C=O) groups is 3. The summed E-state index contributed by atoms with van der Waals surface area (Å²) >= 11 is 1.26. The van der Waals surface area contributed by atoms with E-state index in [1.54, 1.807) is 5.38 Å². The first-order valence-corrected chi connectivity index (χ1v) is 14.0. The first kappa shape index (κ1) is 24.0. The van der Waals surface area contributed by atoms with Gasteiger partial charge in [-0.3, -0.25) is 15.0 Å². The highest BCUT2D eigenvalue weighted by Crippen LogP contribution is 2.56. The number of imide groups is 1. The van der Waals surface area contributed by atoms with E-state index >= 15 is 0 Å². The monoisotopic (exact) mass is 517 g/mol. The van der Waals surface area contributed by atoms with E-state index in [1.807, 2.05) is 0 Å². The fraction of sp³-hybridized carbons (Fsp3) is 0.458. The van der Waals surface area contributed by atoms with Gasteiger partial charge in [0.1, 0.15) is 0 Å². The molecule has 35 heavy (non-hydrogen) atoms. The summed E-state index contributed by atoms with van der Waals surface area (Å²) in [5, 5.41) is 3.67. The molecule has 2 N–H and O–H groups in total. The molecule has 0 spiro atoms. The van der Waals surface area contributed by atoms with Crippen molar-refractivity contribution < 1.29 is 27.5 Å². The molecule has 1 aromatic heterocycles. The standard InChI is InChI=1S/C24H27N3O6S2/c1-33-23(30)27(22(29)19-5-6-34-14-19)25-21(28)18-3-2-4-20(10-18)35(31,32)26-24-11-15-7-16(12-24)9-17(8-15)13-24/h2-6,10,14-17,26H,7-9,11-13H2,1H3,(H,25,28). The van der Waals surface area contributed by atoms with Crippen molar-refractivity contribution in [2.75, 3.05) is 7.11 Å². The number of benzene rings is 1. The molecule has 186 valence electrons. The fourth-order valence-corrected chi connectivity index (χ4v) is 8.44. The normalized spacial score (nSPS) is 26.8. The fourth-order valence-electron chi connectivity index (χ4n) is 6.34. The molecular formula is C24H27N3O6S2. The third kappa shape index (κ3) is 4.72. The minimum atomic E-state index is -3.88. The van der Waals surface area contributed by atoms with E-state index in [4.69, 9.17) is 0 Å². The molecule has 0 saturated heterocycles. The Hall–Kier alpha value is -2.76. The van der Waals surface area contributed by atoms with Gasteiger partial charge in [0.25, 0.3) is 11.8 Å². The van der Waals surface area contributed by atoms with Crippen LogP contribution in [0.15, 0.2) is 46.0 Å². The topological polar surface area (TPSA) is 122 Å². The molecule has 4 bridgehead atoms. The Balaban J connectivity index is 1.34. The maximum absolute atomic E-state index is 13.4. The first-order chi connectivity index (χ1) is 16.7. The molecule has 11 heteroatoms. The number of nitrogens with zero attached hydrogens (tertiary/aromatic N) is 1. The summed E-state index contributed by atoms with van der Waals surface area (Å²) in [6.45, 7) is 0. The number of sulfonamides is 1. The van der Waals surface area contributed by atoms with Crippen LogP contribution in [-0.4, -0.2) is 44.0 Å². The molecule has 4 saturated carbocycles. The van der Waals surface area contributed by atoms with Crippen LogP contribution >= 0.6 is 11.3 Å². The molecule has 6 rings (SSSR count). The SMILES string of the molecule is COC(=O)N(NC(=O)c1cccc(S(=O)(=O)NC23CC4CC(CC(C4)C2)C3)c1)C(=O)c1ccsc1. The number of ether oxygens (including phenoxy) is 1. The highest BCUT2D eigenvalue weighted by molar-refractivity contribution is 7.89. The lowest BCUT2D eigenvalue weighted by Gasteiger charge is -2.56. The molecule has 4 aliphatic rings. The second-order valence-corrected chi connectivity index (χ2v) is 12.4. The van der Waals surface area contributed by atoms with Crippen LogP contribution in [0.5, 0.6) is 0 Å². The number of hydrazine groups is 1. The van der Waals surface area contributed by atoms with E-state index in [2.05, 4.69) is 14.9 Å². The van der Waals surface area contributed by atoms with E-state index in [0.29, 0.717) is 22.8 Å². The van der Waals surface area contributed by atoms with Crippen LogP contribution in [-0.2, 0) is 14.8 Å². The minimum Gasteiger partial charge on any atom is -0.451 e. The Bertz CT molecular complexity index is 1220. The largest absolute Gasteiger partial charge is 0.451 e. The van der Waals surface area contributed by atoms with Crippen molar-refractivity contribution in [3.05, 3.63) is 52.2 Å². The zero-order valence-corrected chi connectivity index (χ0v) is 20.9. The van der Waals surface area contributed by atoms with Gasteiger partial charge in [-0.1, -0.05) is 6.07 Å². The van der Waals surface area contributed by atoms with Crippen LogP contribution in [0.25, 0.3) is 0 Å². The summed E-state index contributed by atoms with van der Waals surface area (Å²) in [5.41, 5.74) is 2.02. The van der Waals surface area contributed by atoms with E-state index < -0.39 is 33.5 Å². The van der Waals surface area contributed by atoms with E-state index in [0.717, 1.165) is 26.4 Å². The second-order valence-electron chi connectivity index (χ2n) is 9.89. The first-order valence-electron chi connectivity index (χ1n) is 11.6. The molecule has 0 atom stereocenters. The predicted octanol–water partition coefficient (Wildman–Crippen LogP) is 3.55. The molecule has 9 nitrogen and oxygen atoms in total. The smallest absolute Gasteiger partial charge is 0.436 e. The highest BCUT2D eigenvalue weighted by atomic mass is 32.2. The van der Waals surface area contributed by atoms with Gasteiger partial charge in [-0.15, -0.1) is 5.01 Å². The number of hydrogen-bond donors (Lipinski definition) is 2. The third-order valence-corrected chi connectivity index (χ3v) is 9.60. The quantitative estimate of drug-likeness (QED) is 0.585. The van der Waals surface area contributed by atoms with Crippen LogP contribution in [0, 0.1) is 17.8 Å². The minimum absolute atomic E-state index is 0.00888. The van der Waals surface area contributed by atoms with Crippen molar-refractivity contribution >= 4 is 39.3 Å². The van der Waals surface area contributed by atoms with Gasteiger partial charge < -0.3 is 4.74 Å².